The van der Waals surface area contributed by atoms with Gasteiger partial charge in [0.25, 0.3) is 5.91 Å². The molecule has 1 amide bonds. The molecular weight excluding hydrogens is 400 g/mol. The summed E-state index contributed by atoms with van der Waals surface area (Å²) < 4.78 is 10.9. The fraction of sp³-hybridized carbons (Fsp3) is 0.167. The van der Waals surface area contributed by atoms with E-state index in [0.717, 1.165) is 22.6 Å². The molecule has 0 aliphatic carbocycles. The Balaban J connectivity index is 1.56. The van der Waals surface area contributed by atoms with Crippen LogP contribution in [0.1, 0.15) is 23.6 Å². The van der Waals surface area contributed by atoms with Gasteiger partial charge in [-0.2, -0.15) is 5.10 Å². The number of halogens is 1. The quantitative estimate of drug-likeness (QED) is 0.557. The summed E-state index contributed by atoms with van der Waals surface area (Å²) in [7, 11) is 1.63. The Bertz CT molecular complexity index is 1030. The Morgan fingerprint density at radius 3 is 2.33 bits per heavy atom. The van der Waals surface area contributed by atoms with Crippen LogP contribution in [0.2, 0.25) is 5.02 Å². The van der Waals surface area contributed by atoms with E-state index in [0.29, 0.717) is 17.2 Å². The molecule has 0 aromatic heterocycles. The summed E-state index contributed by atoms with van der Waals surface area (Å²) in [6.45, 7) is -0.111. The predicted octanol–water partition coefficient (Wildman–Crippen LogP) is 5.11. The van der Waals surface area contributed by atoms with Crippen LogP contribution in [0.5, 0.6) is 11.5 Å². The molecule has 0 unspecified atom stereocenters. The molecule has 152 valence electrons. The molecule has 0 saturated carbocycles. The summed E-state index contributed by atoms with van der Waals surface area (Å²) in [5.74, 6) is 1.14. The van der Waals surface area contributed by atoms with Gasteiger partial charge in [-0.25, -0.2) is 5.01 Å². The highest BCUT2D eigenvalue weighted by Crippen LogP contribution is 2.33. The van der Waals surface area contributed by atoms with E-state index in [9.17, 15) is 4.79 Å². The molecule has 4 rings (SSSR count). The minimum absolute atomic E-state index is 0.111. The van der Waals surface area contributed by atoms with Crippen molar-refractivity contribution in [2.24, 2.45) is 5.10 Å². The highest BCUT2D eigenvalue weighted by atomic mass is 35.5. The molecule has 0 bridgehead atoms. The number of benzene rings is 3. The molecule has 30 heavy (non-hydrogen) atoms. The van der Waals surface area contributed by atoms with Crippen LogP contribution in [-0.2, 0) is 4.79 Å². The van der Waals surface area contributed by atoms with Gasteiger partial charge in [0.2, 0.25) is 0 Å². The van der Waals surface area contributed by atoms with Crippen molar-refractivity contribution in [3.8, 4) is 11.5 Å². The van der Waals surface area contributed by atoms with Crippen LogP contribution >= 0.6 is 11.6 Å². The lowest BCUT2D eigenvalue weighted by molar-refractivity contribution is -0.135. The Labute approximate surface area is 180 Å². The van der Waals surface area contributed by atoms with Gasteiger partial charge in [0, 0.05) is 11.4 Å². The zero-order chi connectivity index (χ0) is 20.9. The van der Waals surface area contributed by atoms with E-state index in [1.165, 1.54) is 5.01 Å². The molecule has 1 aliphatic heterocycles. The van der Waals surface area contributed by atoms with E-state index >= 15 is 0 Å². The van der Waals surface area contributed by atoms with Crippen molar-refractivity contribution in [1.82, 2.24) is 5.01 Å². The lowest BCUT2D eigenvalue weighted by Crippen LogP contribution is -2.31. The predicted molar refractivity (Wildman–Crippen MR) is 117 cm³/mol. The second-order valence-corrected chi connectivity index (χ2v) is 7.32. The van der Waals surface area contributed by atoms with Gasteiger partial charge >= 0.3 is 0 Å². The molecule has 6 heteroatoms. The van der Waals surface area contributed by atoms with Crippen LogP contribution in [0.4, 0.5) is 0 Å². The normalized spacial score (nSPS) is 15.6. The Hall–Kier alpha value is -3.31. The van der Waals surface area contributed by atoms with Gasteiger partial charge < -0.3 is 9.47 Å². The Kier molecular flexibility index (Phi) is 6.00. The van der Waals surface area contributed by atoms with Gasteiger partial charge in [-0.15, -0.1) is 0 Å². The van der Waals surface area contributed by atoms with Crippen LogP contribution in [0.25, 0.3) is 0 Å². The zero-order valence-electron chi connectivity index (χ0n) is 16.5. The minimum atomic E-state index is -0.211. The number of carbonyl (C=O) groups is 1. The Morgan fingerprint density at radius 2 is 1.67 bits per heavy atom. The van der Waals surface area contributed by atoms with Crippen LogP contribution in [0.3, 0.4) is 0 Å². The van der Waals surface area contributed by atoms with Crippen LogP contribution < -0.4 is 9.47 Å². The third-order valence-electron chi connectivity index (χ3n) is 4.95. The lowest BCUT2D eigenvalue weighted by Gasteiger charge is -2.22. The maximum atomic E-state index is 13.0. The van der Waals surface area contributed by atoms with Gasteiger partial charge in [-0.05, 0) is 47.5 Å². The number of hydrogen-bond acceptors (Lipinski definition) is 4. The maximum Gasteiger partial charge on any atom is 0.281 e. The number of carbonyl (C=O) groups excluding carboxylic acids is 1. The largest absolute Gasteiger partial charge is 0.497 e. The second kappa shape index (κ2) is 9.01. The molecule has 1 atom stereocenters. The molecule has 5 nitrogen and oxygen atoms in total. The van der Waals surface area contributed by atoms with Crippen molar-refractivity contribution in [2.75, 3.05) is 13.7 Å². The summed E-state index contributed by atoms with van der Waals surface area (Å²) in [6.07, 6.45) is 0.628. The number of methoxy groups -OCH3 is 1. The molecular formula is C24H21ClN2O3. The first kappa shape index (κ1) is 20.0. The monoisotopic (exact) mass is 420 g/mol. The summed E-state index contributed by atoms with van der Waals surface area (Å²) in [5.41, 5.74) is 2.87. The van der Waals surface area contributed by atoms with E-state index in [1.807, 2.05) is 54.6 Å². The third kappa shape index (κ3) is 4.47. The molecule has 0 saturated heterocycles. The smallest absolute Gasteiger partial charge is 0.281 e. The summed E-state index contributed by atoms with van der Waals surface area (Å²) in [4.78, 5) is 13.0. The van der Waals surface area contributed by atoms with Crippen molar-refractivity contribution in [3.63, 3.8) is 0 Å². The molecule has 0 spiro atoms. The minimum Gasteiger partial charge on any atom is -0.497 e. The zero-order valence-corrected chi connectivity index (χ0v) is 17.3. The fourth-order valence-electron chi connectivity index (χ4n) is 3.37. The molecule has 0 fully saturated rings. The SMILES string of the molecule is COc1ccc([C@@H]2CC(c3ccccc3)=NN2C(=O)COc2ccc(Cl)cc2)cc1. The van der Waals surface area contributed by atoms with Crippen molar-refractivity contribution < 1.29 is 14.3 Å². The third-order valence-corrected chi connectivity index (χ3v) is 5.20. The number of hydrazone groups is 1. The van der Waals surface area contributed by atoms with Crippen LogP contribution in [0.15, 0.2) is 84.0 Å². The van der Waals surface area contributed by atoms with Gasteiger partial charge in [0.15, 0.2) is 6.61 Å². The average Bonchev–Trinajstić information content (AvgIpc) is 3.25. The van der Waals surface area contributed by atoms with E-state index in [-0.39, 0.29) is 18.6 Å². The van der Waals surface area contributed by atoms with E-state index < -0.39 is 0 Å². The van der Waals surface area contributed by atoms with Crippen molar-refractivity contribution in [3.05, 3.63) is 95.0 Å². The first-order valence-corrected chi connectivity index (χ1v) is 9.99. The Morgan fingerprint density at radius 1 is 1.00 bits per heavy atom. The number of ether oxygens (including phenoxy) is 2. The van der Waals surface area contributed by atoms with Gasteiger partial charge in [0.1, 0.15) is 11.5 Å². The maximum absolute atomic E-state index is 13.0. The summed E-state index contributed by atoms with van der Waals surface area (Å²) >= 11 is 5.90. The number of nitrogens with zero attached hydrogens (tertiary/aromatic N) is 2. The van der Waals surface area contributed by atoms with Crippen molar-refractivity contribution >= 4 is 23.2 Å². The number of hydrogen-bond donors (Lipinski definition) is 0. The average molecular weight is 421 g/mol. The second-order valence-electron chi connectivity index (χ2n) is 6.89. The van der Waals surface area contributed by atoms with Crippen molar-refractivity contribution in [1.29, 1.82) is 0 Å². The molecule has 1 aliphatic rings. The first-order chi connectivity index (χ1) is 14.6. The topological polar surface area (TPSA) is 51.1 Å². The van der Waals surface area contributed by atoms with Crippen LogP contribution in [-0.4, -0.2) is 30.3 Å². The number of amides is 1. The summed E-state index contributed by atoms with van der Waals surface area (Å²) in [6, 6.07) is 24.3. The first-order valence-electron chi connectivity index (χ1n) is 9.61. The van der Waals surface area contributed by atoms with E-state index in [4.69, 9.17) is 21.1 Å². The van der Waals surface area contributed by atoms with E-state index in [2.05, 4.69) is 5.10 Å². The van der Waals surface area contributed by atoms with Crippen molar-refractivity contribution in [2.45, 2.75) is 12.5 Å². The molecule has 3 aromatic rings. The van der Waals surface area contributed by atoms with Crippen LogP contribution in [0, 0.1) is 0 Å². The fourth-order valence-corrected chi connectivity index (χ4v) is 3.50. The molecule has 3 aromatic carbocycles. The summed E-state index contributed by atoms with van der Waals surface area (Å²) in [5, 5.41) is 6.80. The van der Waals surface area contributed by atoms with Gasteiger partial charge in [-0.1, -0.05) is 54.1 Å². The van der Waals surface area contributed by atoms with E-state index in [1.54, 1.807) is 31.4 Å². The highest BCUT2D eigenvalue weighted by molar-refractivity contribution is 6.30. The highest BCUT2D eigenvalue weighted by Gasteiger charge is 2.33. The standard InChI is InChI=1S/C24H21ClN2O3/c1-29-20-11-7-18(8-12-20)23-15-22(17-5-3-2-4-6-17)26-27(23)24(28)16-30-21-13-9-19(25)10-14-21/h2-14,23H,15-16H2,1H3/t23-/m0/s1. The lowest BCUT2D eigenvalue weighted by atomic mass is 9.98. The van der Waals surface area contributed by atoms with Gasteiger partial charge in [-0.3, -0.25) is 4.79 Å². The number of rotatable bonds is 6. The van der Waals surface area contributed by atoms with Gasteiger partial charge in [0.05, 0.1) is 18.9 Å². The molecule has 0 radical (unpaired) electrons. The molecule has 0 N–H and O–H groups in total. The molecule has 1 heterocycles.